The molecule has 0 saturated carbocycles. The molecule has 0 saturated heterocycles. The second kappa shape index (κ2) is 9.16. The van der Waals surface area contributed by atoms with Gasteiger partial charge in [-0.2, -0.15) is 0 Å². The number of Topliss-reactive ketones (excluding diaryl/α,β-unsaturated/α-hetero) is 1. The van der Waals surface area contributed by atoms with Gasteiger partial charge in [-0.1, -0.05) is 36.5 Å². The molecule has 1 N–H and O–H groups in total. The molecular weight excluding hydrogens is 484 g/mol. The number of carbonyl (C=O) groups is 2. The molecule has 0 aliphatic carbocycles. The minimum Gasteiger partial charge on any atom is -0.503 e. The second-order valence-corrected chi connectivity index (χ2v) is 9.87. The number of thiophene rings is 1. The van der Waals surface area contributed by atoms with Gasteiger partial charge < -0.3 is 14.6 Å². The van der Waals surface area contributed by atoms with E-state index in [1.807, 2.05) is 18.2 Å². The fourth-order valence-corrected chi connectivity index (χ4v) is 5.93. The molecule has 0 radical (unpaired) electrons. The molecule has 0 fully saturated rings. The van der Waals surface area contributed by atoms with Crippen molar-refractivity contribution in [3.8, 4) is 11.5 Å². The molecule has 4 aromatic rings. The maximum Gasteiger partial charge on any atom is 0.296 e. The maximum atomic E-state index is 13.5. The lowest BCUT2D eigenvalue weighted by atomic mass is 9.95. The van der Waals surface area contributed by atoms with Gasteiger partial charge in [0.2, 0.25) is 5.78 Å². The van der Waals surface area contributed by atoms with Gasteiger partial charge in [0.1, 0.15) is 0 Å². The van der Waals surface area contributed by atoms with Crippen LogP contribution < -0.4 is 14.4 Å². The number of aryl methyl sites for hydroxylation is 1. The molecule has 1 aliphatic rings. The van der Waals surface area contributed by atoms with Crippen molar-refractivity contribution in [3.63, 3.8) is 0 Å². The summed E-state index contributed by atoms with van der Waals surface area (Å²) >= 11 is 2.60. The molecule has 1 atom stereocenters. The lowest BCUT2D eigenvalue weighted by molar-refractivity contribution is -0.117. The van der Waals surface area contributed by atoms with Crippen LogP contribution in [0.25, 0.3) is 10.2 Å². The van der Waals surface area contributed by atoms with Crippen molar-refractivity contribution in [3.05, 3.63) is 81.2 Å². The van der Waals surface area contributed by atoms with E-state index >= 15 is 0 Å². The number of ketones is 1. The Bertz CT molecular complexity index is 1470. The number of ether oxygens (including phenoxy) is 2. The third-order valence-corrected chi connectivity index (χ3v) is 7.86. The Morgan fingerprint density at radius 3 is 2.60 bits per heavy atom. The first-order valence-corrected chi connectivity index (χ1v) is 12.6. The highest BCUT2D eigenvalue weighted by molar-refractivity contribution is 7.22. The average molecular weight is 507 g/mol. The van der Waals surface area contributed by atoms with Gasteiger partial charge in [0.05, 0.1) is 40.9 Å². The summed E-state index contributed by atoms with van der Waals surface area (Å²) in [5, 5.41) is 13.2. The summed E-state index contributed by atoms with van der Waals surface area (Å²) in [6, 6.07) is 13.7. The van der Waals surface area contributed by atoms with Gasteiger partial charge >= 0.3 is 0 Å². The number of amides is 1. The third-order valence-electron chi connectivity index (χ3n) is 5.98. The predicted molar refractivity (Wildman–Crippen MR) is 137 cm³/mol. The number of hydrogen-bond acceptors (Lipinski definition) is 8. The van der Waals surface area contributed by atoms with Crippen LogP contribution in [-0.2, 0) is 11.2 Å². The molecule has 1 amide bonds. The van der Waals surface area contributed by atoms with Gasteiger partial charge in [-0.3, -0.25) is 14.5 Å². The van der Waals surface area contributed by atoms with Crippen molar-refractivity contribution in [1.82, 2.24) is 4.98 Å². The lowest BCUT2D eigenvalue weighted by Crippen LogP contribution is -2.31. The number of aliphatic hydroxyl groups is 1. The van der Waals surface area contributed by atoms with Crippen LogP contribution in [0.2, 0.25) is 0 Å². The summed E-state index contributed by atoms with van der Waals surface area (Å²) in [5.41, 5.74) is 2.51. The topological polar surface area (TPSA) is 89.0 Å². The summed E-state index contributed by atoms with van der Waals surface area (Å²) in [4.78, 5) is 33.4. The maximum absolute atomic E-state index is 13.5. The number of nitrogens with zero attached hydrogens (tertiary/aromatic N) is 2. The predicted octanol–water partition coefficient (Wildman–Crippen LogP) is 5.72. The van der Waals surface area contributed by atoms with Gasteiger partial charge in [0.25, 0.3) is 5.91 Å². The quantitative estimate of drug-likeness (QED) is 0.323. The van der Waals surface area contributed by atoms with Crippen LogP contribution in [0, 0.1) is 0 Å². The molecule has 0 spiro atoms. The molecule has 1 aliphatic heterocycles. The molecule has 178 valence electrons. The molecule has 7 nitrogen and oxygen atoms in total. The first kappa shape index (κ1) is 23.1. The Morgan fingerprint density at radius 1 is 1.11 bits per heavy atom. The Balaban J connectivity index is 1.69. The number of carbonyl (C=O) groups excluding carboxylic acids is 2. The van der Waals surface area contributed by atoms with Crippen LogP contribution in [0.1, 0.15) is 33.8 Å². The number of fused-ring (bicyclic) bond motifs is 1. The standard InChI is InChI=1S/C26H22N2O5S2/c1-4-14-7-9-16-20(12-14)35-26(27-16)28-22(15-8-10-17(32-2)18(13-15)33-3)21(24(30)25(28)31)23(29)19-6-5-11-34-19/h5-13,22,30H,4H2,1-3H3/t22-/m1/s1. The van der Waals surface area contributed by atoms with E-state index in [1.54, 1.807) is 35.7 Å². The molecule has 2 aromatic carbocycles. The van der Waals surface area contributed by atoms with Crippen molar-refractivity contribution < 1.29 is 24.2 Å². The van der Waals surface area contributed by atoms with Gasteiger partial charge in [-0.25, -0.2) is 4.98 Å². The van der Waals surface area contributed by atoms with Gasteiger partial charge in [-0.15, -0.1) is 11.3 Å². The first-order valence-electron chi connectivity index (χ1n) is 10.9. The number of hydrogen-bond donors (Lipinski definition) is 1. The number of benzene rings is 2. The highest BCUT2D eigenvalue weighted by atomic mass is 32.1. The molecule has 2 aromatic heterocycles. The Hall–Kier alpha value is -3.69. The van der Waals surface area contributed by atoms with Crippen LogP contribution in [0.5, 0.6) is 11.5 Å². The van der Waals surface area contributed by atoms with Crippen molar-refractivity contribution in [2.75, 3.05) is 19.1 Å². The Morgan fingerprint density at radius 2 is 1.91 bits per heavy atom. The largest absolute Gasteiger partial charge is 0.503 e. The fourth-order valence-electron chi connectivity index (χ4n) is 4.19. The summed E-state index contributed by atoms with van der Waals surface area (Å²) in [6.45, 7) is 2.07. The van der Waals surface area contributed by atoms with Crippen molar-refractivity contribution in [2.45, 2.75) is 19.4 Å². The average Bonchev–Trinajstić information content (AvgIpc) is 3.61. The molecule has 9 heteroatoms. The number of methoxy groups -OCH3 is 2. The van der Waals surface area contributed by atoms with E-state index in [0.717, 1.165) is 22.2 Å². The van der Waals surface area contributed by atoms with E-state index in [2.05, 4.69) is 11.9 Å². The van der Waals surface area contributed by atoms with Crippen LogP contribution in [0.15, 0.2) is 65.2 Å². The van der Waals surface area contributed by atoms with E-state index in [0.29, 0.717) is 27.1 Å². The van der Waals surface area contributed by atoms with Crippen LogP contribution in [0.4, 0.5) is 5.13 Å². The monoisotopic (exact) mass is 506 g/mol. The molecule has 3 heterocycles. The minimum absolute atomic E-state index is 0.0122. The van der Waals surface area contributed by atoms with Gasteiger partial charge in [0, 0.05) is 0 Å². The number of anilines is 1. The molecule has 0 bridgehead atoms. The summed E-state index contributed by atoms with van der Waals surface area (Å²) in [5.74, 6) is -0.680. The first-order chi connectivity index (χ1) is 17.0. The molecule has 35 heavy (non-hydrogen) atoms. The number of aromatic nitrogens is 1. The van der Waals surface area contributed by atoms with E-state index < -0.39 is 23.5 Å². The van der Waals surface area contributed by atoms with Crippen molar-refractivity contribution in [2.24, 2.45) is 0 Å². The van der Waals surface area contributed by atoms with Gasteiger partial charge in [0.15, 0.2) is 22.4 Å². The van der Waals surface area contributed by atoms with Crippen molar-refractivity contribution in [1.29, 1.82) is 0 Å². The van der Waals surface area contributed by atoms with E-state index in [9.17, 15) is 14.7 Å². The third kappa shape index (κ3) is 3.86. The van der Waals surface area contributed by atoms with E-state index in [4.69, 9.17) is 9.47 Å². The van der Waals surface area contributed by atoms with Crippen LogP contribution in [-0.4, -0.2) is 36.0 Å². The summed E-state index contributed by atoms with van der Waals surface area (Å²) < 4.78 is 11.8. The highest BCUT2D eigenvalue weighted by Crippen LogP contribution is 2.46. The number of aliphatic hydroxyl groups excluding tert-OH is 1. The van der Waals surface area contributed by atoms with E-state index in [-0.39, 0.29) is 5.57 Å². The zero-order valence-electron chi connectivity index (χ0n) is 19.3. The minimum atomic E-state index is -0.886. The van der Waals surface area contributed by atoms with Crippen LogP contribution >= 0.6 is 22.7 Å². The number of rotatable bonds is 7. The smallest absolute Gasteiger partial charge is 0.296 e. The molecule has 0 unspecified atom stereocenters. The zero-order valence-corrected chi connectivity index (χ0v) is 20.9. The fraction of sp³-hybridized carbons (Fsp3) is 0.192. The Kier molecular flexibility index (Phi) is 6.04. The Labute approximate surface area is 209 Å². The zero-order chi connectivity index (χ0) is 24.7. The normalized spacial score (nSPS) is 15.8. The van der Waals surface area contributed by atoms with Gasteiger partial charge in [-0.05, 0) is 53.3 Å². The molecular formula is C26H22N2O5S2. The SMILES string of the molecule is CCc1ccc2nc(N3C(=O)C(O)=C(C(=O)c4cccs4)[C@H]3c3ccc(OC)c(OC)c3)sc2c1. The summed E-state index contributed by atoms with van der Waals surface area (Å²) in [6.07, 6.45) is 0.877. The second-order valence-electron chi connectivity index (χ2n) is 7.91. The van der Waals surface area contributed by atoms with E-state index in [1.165, 1.54) is 41.8 Å². The molecule has 5 rings (SSSR count). The summed E-state index contributed by atoms with van der Waals surface area (Å²) in [7, 11) is 3.05. The highest BCUT2D eigenvalue weighted by Gasteiger charge is 2.46. The van der Waals surface area contributed by atoms with Crippen molar-refractivity contribution >= 4 is 49.7 Å². The lowest BCUT2D eigenvalue weighted by Gasteiger charge is -2.25. The van der Waals surface area contributed by atoms with Crippen LogP contribution in [0.3, 0.4) is 0 Å². The number of thiazole rings is 1.